The number of hydrogen-bond acceptors (Lipinski definition) is 4. The molecule has 1 aliphatic rings. The van der Waals surface area contributed by atoms with Crippen LogP contribution in [0.2, 0.25) is 0 Å². The molecule has 1 aliphatic heterocycles. The van der Waals surface area contributed by atoms with Gasteiger partial charge < -0.3 is 15.0 Å². The molecule has 2 aromatic rings. The van der Waals surface area contributed by atoms with Crippen molar-refractivity contribution in [2.24, 2.45) is 5.92 Å². The van der Waals surface area contributed by atoms with Crippen LogP contribution in [0.4, 0.5) is 11.4 Å². The Hall–Kier alpha value is -3.15. The molecule has 0 aromatic heterocycles. The molecule has 0 unspecified atom stereocenters. The molecule has 1 N–H and O–H groups in total. The number of para-hydroxylation sites is 1. The summed E-state index contributed by atoms with van der Waals surface area (Å²) in [6, 6.07) is 13.5. The van der Waals surface area contributed by atoms with E-state index in [1.54, 1.807) is 4.90 Å². The first kappa shape index (κ1) is 22.5. The Bertz CT molecular complexity index is 985. The van der Waals surface area contributed by atoms with E-state index in [9.17, 15) is 14.4 Å². The molecule has 2 aromatic carbocycles. The lowest BCUT2D eigenvalue weighted by molar-refractivity contribution is -0.151. The van der Waals surface area contributed by atoms with Gasteiger partial charge >= 0.3 is 5.97 Å². The molecular weight excluding hydrogens is 392 g/mol. The van der Waals surface area contributed by atoms with Crippen LogP contribution in [0.1, 0.15) is 49.3 Å². The summed E-state index contributed by atoms with van der Waals surface area (Å²) in [7, 11) is 0. The third kappa shape index (κ3) is 5.32. The van der Waals surface area contributed by atoms with Gasteiger partial charge in [-0.1, -0.05) is 49.7 Å². The number of hydrogen-bond donors (Lipinski definition) is 1. The minimum atomic E-state index is -0.577. The first-order valence-electron chi connectivity index (χ1n) is 10.7. The van der Waals surface area contributed by atoms with Gasteiger partial charge in [-0.05, 0) is 49.4 Å². The van der Waals surface area contributed by atoms with Crippen molar-refractivity contribution in [1.82, 2.24) is 0 Å². The molecule has 1 saturated heterocycles. The van der Waals surface area contributed by atoms with Crippen LogP contribution in [0.3, 0.4) is 0 Å². The number of carbonyl (C=O) groups excluding carboxylic acids is 3. The Kier molecular flexibility index (Phi) is 7.10. The number of rotatable bonds is 7. The topological polar surface area (TPSA) is 75.7 Å². The maximum atomic E-state index is 12.6. The van der Waals surface area contributed by atoms with E-state index in [-0.39, 0.29) is 25.5 Å². The number of aryl methyl sites for hydroxylation is 2. The van der Waals surface area contributed by atoms with Gasteiger partial charge in [-0.3, -0.25) is 14.4 Å². The zero-order valence-corrected chi connectivity index (χ0v) is 18.6. The SMILES string of the molecule is CC[C@H](C)c1ccccc1N1C[C@@H](C(=O)OCC(=O)Nc2ccc(C)cc2C)CC1=O. The Morgan fingerprint density at radius 1 is 1.19 bits per heavy atom. The molecular formula is C25H30N2O4. The van der Waals surface area contributed by atoms with E-state index in [0.29, 0.717) is 11.6 Å². The number of amides is 2. The fraction of sp³-hybridized carbons (Fsp3) is 0.400. The second kappa shape index (κ2) is 9.77. The number of benzene rings is 2. The van der Waals surface area contributed by atoms with Crippen molar-refractivity contribution < 1.29 is 19.1 Å². The Morgan fingerprint density at radius 2 is 1.94 bits per heavy atom. The molecule has 0 saturated carbocycles. The minimum Gasteiger partial charge on any atom is -0.455 e. The summed E-state index contributed by atoms with van der Waals surface area (Å²) < 4.78 is 5.23. The largest absolute Gasteiger partial charge is 0.455 e. The van der Waals surface area contributed by atoms with Crippen molar-refractivity contribution in [3.05, 3.63) is 59.2 Å². The highest BCUT2D eigenvalue weighted by Crippen LogP contribution is 2.33. The number of nitrogens with zero attached hydrogens (tertiary/aromatic N) is 1. The predicted octanol–water partition coefficient (Wildman–Crippen LogP) is 4.35. The zero-order chi connectivity index (χ0) is 22.5. The van der Waals surface area contributed by atoms with Crippen molar-refractivity contribution in [2.75, 3.05) is 23.4 Å². The summed E-state index contributed by atoms with van der Waals surface area (Å²) in [4.78, 5) is 39.0. The van der Waals surface area contributed by atoms with Crippen molar-refractivity contribution in [3.63, 3.8) is 0 Å². The summed E-state index contributed by atoms with van der Waals surface area (Å²) >= 11 is 0. The standard InChI is InChI=1S/C25H30N2O4/c1-5-17(3)20-8-6-7-9-22(20)27-14-19(13-24(27)29)25(30)31-15-23(28)26-21-11-10-16(2)12-18(21)4/h6-12,17,19H,5,13-15H2,1-4H3,(H,26,28)/t17-,19-/m0/s1. The van der Waals surface area contributed by atoms with Crippen molar-refractivity contribution in [3.8, 4) is 0 Å². The minimum absolute atomic E-state index is 0.0896. The molecule has 2 amide bonds. The first-order chi connectivity index (χ1) is 14.8. The summed E-state index contributed by atoms with van der Waals surface area (Å²) in [5, 5.41) is 2.76. The second-order valence-electron chi connectivity index (χ2n) is 8.25. The van der Waals surface area contributed by atoms with E-state index in [1.165, 1.54) is 0 Å². The van der Waals surface area contributed by atoms with E-state index in [2.05, 4.69) is 19.2 Å². The molecule has 0 bridgehead atoms. The van der Waals surface area contributed by atoms with Gasteiger partial charge in [-0.15, -0.1) is 0 Å². The lowest BCUT2D eigenvalue weighted by Gasteiger charge is -2.23. The first-order valence-corrected chi connectivity index (χ1v) is 10.7. The lowest BCUT2D eigenvalue weighted by Crippen LogP contribution is -2.29. The number of nitrogens with one attached hydrogen (secondary N) is 1. The van der Waals surface area contributed by atoms with Crippen molar-refractivity contribution in [1.29, 1.82) is 0 Å². The molecule has 6 nitrogen and oxygen atoms in total. The van der Waals surface area contributed by atoms with Gasteiger partial charge in [0, 0.05) is 24.3 Å². The fourth-order valence-electron chi connectivity index (χ4n) is 3.86. The zero-order valence-electron chi connectivity index (χ0n) is 18.6. The second-order valence-corrected chi connectivity index (χ2v) is 8.25. The van der Waals surface area contributed by atoms with E-state index >= 15 is 0 Å². The van der Waals surface area contributed by atoms with Gasteiger partial charge in [-0.2, -0.15) is 0 Å². The van der Waals surface area contributed by atoms with Crippen LogP contribution in [0, 0.1) is 19.8 Å². The number of ether oxygens (including phenoxy) is 1. The summed E-state index contributed by atoms with van der Waals surface area (Å²) in [6.07, 6.45) is 1.05. The third-order valence-electron chi connectivity index (χ3n) is 5.83. The number of esters is 1. The summed E-state index contributed by atoms with van der Waals surface area (Å²) in [5.74, 6) is -1.29. The van der Waals surface area contributed by atoms with Gasteiger partial charge in [0.2, 0.25) is 5.91 Å². The van der Waals surface area contributed by atoms with Crippen molar-refractivity contribution >= 4 is 29.2 Å². The van der Waals surface area contributed by atoms with Gasteiger partial charge in [0.25, 0.3) is 5.91 Å². The van der Waals surface area contributed by atoms with Crippen LogP contribution < -0.4 is 10.2 Å². The molecule has 1 fully saturated rings. The quantitative estimate of drug-likeness (QED) is 0.673. The van der Waals surface area contributed by atoms with Gasteiger partial charge in [0.05, 0.1) is 5.92 Å². The van der Waals surface area contributed by atoms with Crippen LogP contribution in [0.25, 0.3) is 0 Å². The third-order valence-corrected chi connectivity index (χ3v) is 5.83. The van der Waals surface area contributed by atoms with E-state index < -0.39 is 17.8 Å². The molecule has 31 heavy (non-hydrogen) atoms. The van der Waals surface area contributed by atoms with Crippen LogP contribution in [-0.2, 0) is 19.1 Å². The highest BCUT2D eigenvalue weighted by molar-refractivity contribution is 6.00. The summed E-state index contributed by atoms with van der Waals surface area (Å²) in [5.41, 5.74) is 4.68. The van der Waals surface area contributed by atoms with Gasteiger partial charge in [-0.25, -0.2) is 0 Å². The Labute approximate surface area is 183 Å². The van der Waals surface area contributed by atoms with Gasteiger partial charge in [0.1, 0.15) is 0 Å². The van der Waals surface area contributed by atoms with Crippen LogP contribution in [0.5, 0.6) is 0 Å². The summed E-state index contributed by atoms with van der Waals surface area (Å²) in [6.45, 7) is 8.01. The highest BCUT2D eigenvalue weighted by atomic mass is 16.5. The van der Waals surface area contributed by atoms with E-state index in [0.717, 1.165) is 28.8 Å². The average molecular weight is 423 g/mol. The molecule has 6 heteroatoms. The smallest absolute Gasteiger partial charge is 0.311 e. The van der Waals surface area contributed by atoms with Crippen LogP contribution >= 0.6 is 0 Å². The van der Waals surface area contributed by atoms with E-state index in [1.807, 2.05) is 56.3 Å². The maximum Gasteiger partial charge on any atom is 0.311 e. The molecule has 164 valence electrons. The molecule has 2 atom stereocenters. The molecule has 1 heterocycles. The van der Waals surface area contributed by atoms with Crippen LogP contribution in [0.15, 0.2) is 42.5 Å². The number of anilines is 2. The van der Waals surface area contributed by atoms with Gasteiger partial charge in [0.15, 0.2) is 6.61 Å². The normalized spacial score (nSPS) is 16.8. The number of carbonyl (C=O) groups is 3. The van der Waals surface area contributed by atoms with Crippen LogP contribution in [-0.4, -0.2) is 30.9 Å². The molecule has 3 rings (SSSR count). The molecule has 0 radical (unpaired) electrons. The van der Waals surface area contributed by atoms with Crippen molar-refractivity contribution in [2.45, 2.75) is 46.5 Å². The van der Waals surface area contributed by atoms with E-state index in [4.69, 9.17) is 4.74 Å². The highest BCUT2D eigenvalue weighted by Gasteiger charge is 2.37. The Balaban J connectivity index is 1.59. The fourth-order valence-corrected chi connectivity index (χ4v) is 3.86. The molecule has 0 spiro atoms. The average Bonchev–Trinajstić information content (AvgIpc) is 3.15. The Morgan fingerprint density at radius 3 is 2.65 bits per heavy atom. The predicted molar refractivity (Wildman–Crippen MR) is 121 cm³/mol. The monoisotopic (exact) mass is 422 g/mol. The molecule has 0 aliphatic carbocycles. The maximum absolute atomic E-state index is 12.6. The lowest BCUT2D eigenvalue weighted by atomic mass is 9.96.